The van der Waals surface area contributed by atoms with E-state index < -0.39 is 30.4 Å². The Bertz CT molecular complexity index is 298. The molecule has 0 aliphatic heterocycles. The molecule has 17 heavy (non-hydrogen) atoms. The van der Waals surface area contributed by atoms with E-state index in [0.717, 1.165) is 0 Å². The maximum Gasteiger partial charge on any atom is 0.326 e. The van der Waals surface area contributed by atoms with Crippen molar-refractivity contribution in [2.24, 2.45) is 5.73 Å². The number of rotatable bonds is 7. The summed E-state index contributed by atoms with van der Waals surface area (Å²) in [5, 5.41) is 13.5. The van der Waals surface area contributed by atoms with E-state index in [1.165, 1.54) is 0 Å². The number of carboxylic acids is 1. The Labute approximate surface area is 104 Å². The SMILES string of the molecule is CSCC(C)NC(=O)N[C@@H](CC(N)=O)C(=O)O. The van der Waals surface area contributed by atoms with Gasteiger partial charge < -0.3 is 21.5 Å². The van der Waals surface area contributed by atoms with Gasteiger partial charge in [0.1, 0.15) is 6.04 Å². The highest BCUT2D eigenvalue weighted by atomic mass is 32.2. The highest BCUT2D eigenvalue weighted by molar-refractivity contribution is 7.98. The molecule has 2 atom stereocenters. The number of carbonyl (C=O) groups excluding carboxylic acids is 2. The number of amides is 3. The fourth-order valence-corrected chi connectivity index (χ4v) is 1.70. The second kappa shape index (κ2) is 7.77. The van der Waals surface area contributed by atoms with Crippen molar-refractivity contribution in [2.45, 2.75) is 25.4 Å². The number of primary amides is 1. The summed E-state index contributed by atoms with van der Waals surface area (Å²) in [5.41, 5.74) is 4.88. The number of carbonyl (C=O) groups is 3. The summed E-state index contributed by atoms with van der Waals surface area (Å²) >= 11 is 1.55. The van der Waals surface area contributed by atoms with Crippen LogP contribution in [0.4, 0.5) is 4.79 Å². The Hall–Kier alpha value is -1.44. The summed E-state index contributed by atoms with van der Waals surface area (Å²) in [6.07, 6.45) is 1.46. The fourth-order valence-electron chi connectivity index (χ4n) is 1.12. The van der Waals surface area contributed by atoms with E-state index in [2.05, 4.69) is 10.6 Å². The maximum absolute atomic E-state index is 11.4. The van der Waals surface area contributed by atoms with Gasteiger partial charge in [0.2, 0.25) is 5.91 Å². The summed E-state index contributed by atoms with van der Waals surface area (Å²) in [5.74, 6) is -1.37. The van der Waals surface area contributed by atoms with Crippen LogP contribution in [0.25, 0.3) is 0 Å². The van der Waals surface area contributed by atoms with Gasteiger partial charge in [0.05, 0.1) is 6.42 Å². The van der Waals surface area contributed by atoms with Crippen LogP contribution in [0, 0.1) is 0 Å². The van der Waals surface area contributed by atoms with Gasteiger partial charge in [-0.3, -0.25) is 4.79 Å². The standard InChI is InChI=1S/C9H17N3O4S/c1-5(4-17-2)11-9(16)12-6(8(14)15)3-7(10)13/h5-6H,3-4H2,1-2H3,(H2,10,13)(H,14,15)(H2,11,12,16)/t5?,6-/m0/s1. The molecular weight excluding hydrogens is 246 g/mol. The van der Waals surface area contributed by atoms with Crippen LogP contribution in [0.2, 0.25) is 0 Å². The smallest absolute Gasteiger partial charge is 0.326 e. The Morgan fingerprint density at radius 2 is 1.94 bits per heavy atom. The number of thioether (sulfide) groups is 1. The normalized spacial score (nSPS) is 13.5. The molecule has 8 heteroatoms. The lowest BCUT2D eigenvalue weighted by Gasteiger charge is -2.16. The minimum atomic E-state index is -1.30. The lowest BCUT2D eigenvalue weighted by Crippen LogP contribution is -2.50. The van der Waals surface area contributed by atoms with E-state index in [0.29, 0.717) is 5.75 Å². The molecular formula is C9H17N3O4S. The van der Waals surface area contributed by atoms with E-state index >= 15 is 0 Å². The van der Waals surface area contributed by atoms with Gasteiger partial charge in [-0.1, -0.05) is 0 Å². The van der Waals surface area contributed by atoms with Crippen molar-refractivity contribution in [1.29, 1.82) is 0 Å². The third kappa shape index (κ3) is 7.45. The Morgan fingerprint density at radius 3 is 2.35 bits per heavy atom. The summed E-state index contributed by atoms with van der Waals surface area (Å²) in [4.78, 5) is 32.7. The maximum atomic E-state index is 11.4. The zero-order valence-corrected chi connectivity index (χ0v) is 10.5. The average molecular weight is 263 g/mol. The first kappa shape index (κ1) is 15.6. The summed E-state index contributed by atoms with van der Waals surface area (Å²) in [6, 6.07) is -2.01. The van der Waals surface area contributed by atoms with Crippen molar-refractivity contribution in [3.05, 3.63) is 0 Å². The van der Waals surface area contributed by atoms with E-state index in [1.54, 1.807) is 18.7 Å². The topological polar surface area (TPSA) is 122 Å². The lowest BCUT2D eigenvalue weighted by molar-refractivity contribution is -0.140. The van der Waals surface area contributed by atoms with Crippen molar-refractivity contribution in [3.63, 3.8) is 0 Å². The molecule has 5 N–H and O–H groups in total. The first-order valence-electron chi connectivity index (χ1n) is 4.94. The molecule has 0 aromatic heterocycles. The van der Waals surface area contributed by atoms with Crippen LogP contribution in [0.5, 0.6) is 0 Å². The number of nitrogens with two attached hydrogens (primary N) is 1. The van der Waals surface area contributed by atoms with Gasteiger partial charge in [0.25, 0.3) is 0 Å². The number of urea groups is 1. The molecule has 0 saturated carbocycles. The van der Waals surface area contributed by atoms with Gasteiger partial charge >= 0.3 is 12.0 Å². The Kier molecular flexibility index (Phi) is 7.11. The largest absolute Gasteiger partial charge is 0.480 e. The van der Waals surface area contributed by atoms with E-state index in [4.69, 9.17) is 10.8 Å². The second-order valence-electron chi connectivity index (χ2n) is 3.54. The summed E-state index contributed by atoms with van der Waals surface area (Å²) < 4.78 is 0. The van der Waals surface area contributed by atoms with Crippen LogP contribution in [0.3, 0.4) is 0 Å². The molecule has 3 amide bonds. The van der Waals surface area contributed by atoms with Crippen LogP contribution in [0.1, 0.15) is 13.3 Å². The van der Waals surface area contributed by atoms with Crippen LogP contribution >= 0.6 is 11.8 Å². The summed E-state index contributed by atoms with van der Waals surface area (Å²) in [6.45, 7) is 1.79. The number of nitrogens with one attached hydrogen (secondary N) is 2. The number of hydrogen-bond donors (Lipinski definition) is 4. The molecule has 0 heterocycles. The number of hydrogen-bond acceptors (Lipinski definition) is 4. The number of aliphatic carboxylic acids is 1. The Morgan fingerprint density at radius 1 is 1.35 bits per heavy atom. The monoisotopic (exact) mass is 263 g/mol. The van der Waals surface area contributed by atoms with Crippen LogP contribution in [0.15, 0.2) is 0 Å². The predicted octanol–water partition coefficient (Wildman–Crippen LogP) is -0.634. The minimum Gasteiger partial charge on any atom is -0.480 e. The molecule has 0 aliphatic rings. The lowest BCUT2D eigenvalue weighted by atomic mass is 10.2. The molecule has 0 rings (SSSR count). The van der Waals surface area contributed by atoms with Crippen molar-refractivity contribution in [1.82, 2.24) is 10.6 Å². The van der Waals surface area contributed by atoms with Crippen LogP contribution in [-0.4, -0.2) is 47.1 Å². The fraction of sp³-hybridized carbons (Fsp3) is 0.667. The Balaban J connectivity index is 4.21. The summed E-state index contributed by atoms with van der Waals surface area (Å²) in [7, 11) is 0. The van der Waals surface area contributed by atoms with E-state index in [-0.39, 0.29) is 6.04 Å². The van der Waals surface area contributed by atoms with Gasteiger partial charge in [0.15, 0.2) is 0 Å². The molecule has 0 aromatic rings. The third-order valence-corrected chi connectivity index (χ3v) is 2.64. The van der Waals surface area contributed by atoms with Crippen molar-refractivity contribution < 1.29 is 19.5 Å². The third-order valence-electron chi connectivity index (χ3n) is 1.80. The van der Waals surface area contributed by atoms with Crippen LogP contribution in [-0.2, 0) is 9.59 Å². The molecule has 0 aromatic carbocycles. The van der Waals surface area contributed by atoms with Crippen molar-refractivity contribution in [2.75, 3.05) is 12.0 Å². The van der Waals surface area contributed by atoms with E-state index in [9.17, 15) is 14.4 Å². The van der Waals surface area contributed by atoms with Crippen LogP contribution < -0.4 is 16.4 Å². The zero-order chi connectivity index (χ0) is 13.4. The first-order chi connectivity index (χ1) is 7.86. The van der Waals surface area contributed by atoms with Crippen molar-refractivity contribution in [3.8, 4) is 0 Å². The predicted molar refractivity (Wildman–Crippen MR) is 64.7 cm³/mol. The van der Waals surface area contributed by atoms with E-state index in [1.807, 2.05) is 6.26 Å². The molecule has 98 valence electrons. The molecule has 0 fully saturated rings. The quantitative estimate of drug-likeness (QED) is 0.487. The highest BCUT2D eigenvalue weighted by Crippen LogP contribution is 1.96. The van der Waals surface area contributed by atoms with Gasteiger partial charge in [-0.15, -0.1) is 0 Å². The van der Waals surface area contributed by atoms with Gasteiger partial charge in [0, 0.05) is 11.8 Å². The van der Waals surface area contributed by atoms with Gasteiger partial charge in [-0.25, -0.2) is 9.59 Å². The zero-order valence-electron chi connectivity index (χ0n) is 9.73. The molecule has 7 nitrogen and oxygen atoms in total. The molecule has 1 unspecified atom stereocenters. The first-order valence-corrected chi connectivity index (χ1v) is 6.33. The van der Waals surface area contributed by atoms with Gasteiger partial charge in [-0.05, 0) is 13.2 Å². The average Bonchev–Trinajstić information content (AvgIpc) is 2.15. The molecule has 0 bridgehead atoms. The van der Waals surface area contributed by atoms with Gasteiger partial charge in [-0.2, -0.15) is 11.8 Å². The molecule has 0 saturated heterocycles. The molecule has 0 aliphatic carbocycles. The molecule has 0 radical (unpaired) electrons. The second-order valence-corrected chi connectivity index (χ2v) is 4.45. The van der Waals surface area contributed by atoms with Crippen molar-refractivity contribution >= 4 is 29.7 Å². The highest BCUT2D eigenvalue weighted by Gasteiger charge is 2.22. The minimum absolute atomic E-state index is 0.0898. The number of carboxylic acid groups (broad SMARTS) is 1. The molecule has 0 spiro atoms.